The molecule has 0 aromatic carbocycles. The number of hydrogen-bond acceptors (Lipinski definition) is 4. The van der Waals surface area contributed by atoms with Gasteiger partial charge in [0.2, 0.25) is 0 Å². The first-order chi connectivity index (χ1) is 9.22. The van der Waals surface area contributed by atoms with Crippen LogP contribution in [0.25, 0.3) is 0 Å². The summed E-state index contributed by atoms with van der Waals surface area (Å²) in [5, 5.41) is 3.53. The van der Waals surface area contributed by atoms with E-state index in [1.165, 1.54) is 12.8 Å². The van der Waals surface area contributed by atoms with E-state index >= 15 is 0 Å². The molecular weight excluding hydrogens is 236 g/mol. The summed E-state index contributed by atoms with van der Waals surface area (Å²) in [6, 6.07) is 7.74. The molecule has 2 aliphatic rings. The van der Waals surface area contributed by atoms with Crippen LogP contribution < -0.4 is 10.2 Å². The maximum Gasteiger partial charge on any atom is 0.128 e. The van der Waals surface area contributed by atoms with E-state index in [9.17, 15) is 0 Å². The van der Waals surface area contributed by atoms with Gasteiger partial charge >= 0.3 is 0 Å². The first-order valence-corrected chi connectivity index (χ1v) is 7.37. The molecule has 19 heavy (non-hydrogen) atoms. The van der Waals surface area contributed by atoms with E-state index in [0.717, 1.165) is 43.7 Å². The molecule has 1 aliphatic heterocycles. The highest BCUT2D eigenvalue weighted by atomic mass is 15.3. The van der Waals surface area contributed by atoms with Gasteiger partial charge in [-0.05, 0) is 38.9 Å². The highest BCUT2D eigenvalue weighted by Crippen LogP contribution is 2.20. The fourth-order valence-corrected chi connectivity index (χ4v) is 2.53. The Morgan fingerprint density at radius 2 is 2.16 bits per heavy atom. The number of nitrogens with one attached hydrogen (secondary N) is 1. The molecule has 1 saturated carbocycles. The monoisotopic (exact) mass is 260 g/mol. The van der Waals surface area contributed by atoms with Crippen LogP contribution in [0.4, 0.5) is 5.82 Å². The number of aromatic nitrogens is 1. The van der Waals surface area contributed by atoms with Crippen LogP contribution in [0.3, 0.4) is 0 Å². The maximum absolute atomic E-state index is 4.80. The molecule has 0 bridgehead atoms. The van der Waals surface area contributed by atoms with Gasteiger partial charge in [-0.15, -0.1) is 0 Å². The van der Waals surface area contributed by atoms with Crippen molar-refractivity contribution in [1.29, 1.82) is 0 Å². The van der Waals surface area contributed by atoms with Crippen molar-refractivity contribution in [1.82, 2.24) is 15.2 Å². The van der Waals surface area contributed by atoms with Crippen LogP contribution in [-0.4, -0.2) is 48.6 Å². The van der Waals surface area contributed by atoms with Gasteiger partial charge < -0.3 is 15.1 Å². The Balaban J connectivity index is 1.64. The van der Waals surface area contributed by atoms with Crippen molar-refractivity contribution in [2.24, 2.45) is 0 Å². The number of rotatable bonds is 4. The second-order valence-electron chi connectivity index (χ2n) is 5.92. The van der Waals surface area contributed by atoms with Crippen molar-refractivity contribution in [2.75, 3.05) is 31.6 Å². The van der Waals surface area contributed by atoms with Gasteiger partial charge in [-0.2, -0.15) is 0 Å². The largest absolute Gasteiger partial charge is 0.354 e. The van der Waals surface area contributed by atoms with Crippen molar-refractivity contribution in [3.8, 4) is 0 Å². The predicted octanol–water partition coefficient (Wildman–Crippen LogP) is 1.47. The summed E-state index contributed by atoms with van der Waals surface area (Å²) >= 11 is 0. The Morgan fingerprint density at radius 1 is 1.32 bits per heavy atom. The summed E-state index contributed by atoms with van der Waals surface area (Å²) in [6.07, 6.45) is 2.66. The van der Waals surface area contributed by atoms with E-state index in [0.29, 0.717) is 6.04 Å². The Bertz CT molecular complexity index is 430. The molecule has 1 unspecified atom stereocenters. The summed E-state index contributed by atoms with van der Waals surface area (Å²) in [7, 11) is 2.20. The Morgan fingerprint density at radius 3 is 2.89 bits per heavy atom. The van der Waals surface area contributed by atoms with Crippen LogP contribution in [0, 0.1) is 0 Å². The number of hydrogen-bond donors (Lipinski definition) is 1. The molecule has 4 heteroatoms. The number of anilines is 1. The Labute approximate surface area is 115 Å². The van der Waals surface area contributed by atoms with E-state index in [4.69, 9.17) is 4.98 Å². The van der Waals surface area contributed by atoms with Crippen molar-refractivity contribution in [2.45, 2.75) is 38.4 Å². The zero-order chi connectivity index (χ0) is 13.2. The summed E-state index contributed by atoms with van der Waals surface area (Å²) in [5.41, 5.74) is 1.16. The quantitative estimate of drug-likeness (QED) is 0.888. The van der Waals surface area contributed by atoms with E-state index in [2.05, 4.69) is 47.3 Å². The van der Waals surface area contributed by atoms with Gasteiger partial charge in [-0.3, -0.25) is 0 Å². The minimum Gasteiger partial charge on any atom is -0.354 e. The van der Waals surface area contributed by atoms with Gasteiger partial charge in [0.1, 0.15) is 5.82 Å². The van der Waals surface area contributed by atoms with Gasteiger partial charge in [0, 0.05) is 38.3 Å². The Hall–Kier alpha value is -1.13. The molecule has 0 amide bonds. The van der Waals surface area contributed by atoms with Gasteiger partial charge in [-0.1, -0.05) is 6.07 Å². The molecule has 1 saturated heterocycles. The summed E-state index contributed by atoms with van der Waals surface area (Å²) in [4.78, 5) is 9.62. The van der Waals surface area contributed by atoms with E-state index < -0.39 is 0 Å². The lowest BCUT2D eigenvalue weighted by molar-refractivity contribution is 0.233. The number of likely N-dealkylation sites (N-methyl/N-ethyl adjacent to an activating group) is 1. The third kappa shape index (κ3) is 3.25. The minimum absolute atomic E-state index is 0.601. The number of piperazine rings is 1. The first kappa shape index (κ1) is 12.9. The van der Waals surface area contributed by atoms with E-state index in [1.54, 1.807) is 0 Å². The molecule has 0 radical (unpaired) electrons. The smallest absolute Gasteiger partial charge is 0.128 e. The minimum atomic E-state index is 0.601. The van der Waals surface area contributed by atoms with Gasteiger partial charge in [0.15, 0.2) is 0 Å². The molecule has 2 heterocycles. The molecule has 1 N–H and O–H groups in total. The van der Waals surface area contributed by atoms with Crippen LogP contribution in [0.1, 0.15) is 25.5 Å². The lowest BCUT2D eigenvalue weighted by Gasteiger charge is -2.38. The Kier molecular flexibility index (Phi) is 3.71. The van der Waals surface area contributed by atoms with Gasteiger partial charge in [-0.25, -0.2) is 4.98 Å². The summed E-state index contributed by atoms with van der Waals surface area (Å²) < 4.78 is 0. The van der Waals surface area contributed by atoms with Crippen molar-refractivity contribution < 1.29 is 0 Å². The predicted molar refractivity (Wildman–Crippen MR) is 78.4 cm³/mol. The standard InChI is InChI=1S/C15H24N4/c1-12-11-19(9-8-18(12)2)15-5-3-4-14(17-15)10-16-13-6-7-13/h3-5,12-13,16H,6-11H2,1-2H3. The summed E-state index contributed by atoms with van der Waals surface area (Å²) in [6.45, 7) is 6.45. The zero-order valence-electron chi connectivity index (χ0n) is 12.0. The van der Waals surface area contributed by atoms with Gasteiger partial charge in [0.05, 0.1) is 5.69 Å². The molecule has 1 atom stereocenters. The third-order valence-corrected chi connectivity index (χ3v) is 4.22. The third-order valence-electron chi connectivity index (χ3n) is 4.22. The fourth-order valence-electron chi connectivity index (χ4n) is 2.53. The second-order valence-corrected chi connectivity index (χ2v) is 5.92. The average Bonchev–Trinajstić information content (AvgIpc) is 3.24. The highest BCUT2D eigenvalue weighted by molar-refractivity contribution is 5.40. The molecule has 1 aromatic rings. The molecule has 3 rings (SSSR count). The topological polar surface area (TPSA) is 31.4 Å². The molecule has 2 fully saturated rings. The second kappa shape index (κ2) is 5.47. The lowest BCUT2D eigenvalue weighted by Crippen LogP contribution is -2.50. The maximum atomic E-state index is 4.80. The average molecular weight is 260 g/mol. The fraction of sp³-hybridized carbons (Fsp3) is 0.667. The van der Waals surface area contributed by atoms with Crippen molar-refractivity contribution in [3.63, 3.8) is 0 Å². The van der Waals surface area contributed by atoms with E-state index in [1.807, 2.05) is 0 Å². The van der Waals surface area contributed by atoms with Gasteiger partial charge in [0.25, 0.3) is 0 Å². The van der Waals surface area contributed by atoms with E-state index in [-0.39, 0.29) is 0 Å². The van der Waals surface area contributed by atoms with Crippen LogP contribution in [0.2, 0.25) is 0 Å². The van der Waals surface area contributed by atoms with Crippen molar-refractivity contribution in [3.05, 3.63) is 23.9 Å². The SMILES string of the molecule is CC1CN(c2cccc(CNC3CC3)n2)CCN1C. The number of pyridine rings is 1. The summed E-state index contributed by atoms with van der Waals surface area (Å²) in [5.74, 6) is 1.13. The molecule has 104 valence electrons. The normalized spacial score (nSPS) is 24.7. The van der Waals surface area contributed by atoms with Crippen molar-refractivity contribution >= 4 is 5.82 Å². The molecule has 1 aromatic heterocycles. The molecular formula is C15H24N4. The van der Waals surface area contributed by atoms with Crippen LogP contribution in [0.15, 0.2) is 18.2 Å². The highest BCUT2D eigenvalue weighted by Gasteiger charge is 2.22. The molecule has 0 spiro atoms. The lowest BCUT2D eigenvalue weighted by atomic mass is 10.2. The molecule has 4 nitrogen and oxygen atoms in total. The molecule has 1 aliphatic carbocycles. The van der Waals surface area contributed by atoms with Crippen LogP contribution in [0.5, 0.6) is 0 Å². The first-order valence-electron chi connectivity index (χ1n) is 7.37. The van der Waals surface area contributed by atoms with Crippen LogP contribution in [-0.2, 0) is 6.54 Å². The zero-order valence-corrected chi connectivity index (χ0v) is 12.0. The number of nitrogens with zero attached hydrogens (tertiary/aromatic N) is 3. The van der Waals surface area contributed by atoms with Crippen LogP contribution >= 0.6 is 0 Å².